The molecule has 1 unspecified atom stereocenters. The summed E-state index contributed by atoms with van der Waals surface area (Å²) < 4.78 is 7.75. The molecule has 1 fully saturated rings. The van der Waals surface area contributed by atoms with E-state index in [1.54, 1.807) is 6.20 Å². The van der Waals surface area contributed by atoms with Crippen LogP contribution in [0.4, 0.5) is 0 Å². The second kappa shape index (κ2) is 8.76. The van der Waals surface area contributed by atoms with Crippen LogP contribution in [0.15, 0.2) is 48.7 Å². The van der Waals surface area contributed by atoms with Gasteiger partial charge in [0, 0.05) is 13.6 Å². The summed E-state index contributed by atoms with van der Waals surface area (Å²) in [5.41, 5.74) is 1.63. The highest BCUT2D eigenvalue weighted by Gasteiger charge is 2.19. The van der Waals surface area contributed by atoms with E-state index in [1.165, 1.54) is 32.4 Å². The number of fused-ring (bicyclic) bond motifs is 1. The van der Waals surface area contributed by atoms with Crippen molar-refractivity contribution < 1.29 is 9.84 Å². The standard InChI is InChI=1S/C23H29N3O2/c1-25-21(22(27)20-12-7-10-18-9-3-4-11-19(18)20)17-24-23(25)28-16-8-15-26-13-5-2-6-14-26/h3-4,7,9-12,17,22,27H,2,5-6,8,13-16H2,1H3. The van der Waals surface area contributed by atoms with E-state index < -0.39 is 6.10 Å². The smallest absolute Gasteiger partial charge is 0.296 e. The molecule has 1 aliphatic heterocycles. The fourth-order valence-electron chi connectivity index (χ4n) is 4.08. The average molecular weight is 380 g/mol. The van der Waals surface area contributed by atoms with Crippen molar-refractivity contribution in [2.24, 2.45) is 7.05 Å². The molecular formula is C23H29N3O2. The second-order valence-corrected chi connectivity index (χ2v) is 7.60. The predicted molar refractivity (Wildman–Crippen MR) is 112 cm³/mol. The average Bonchev–Trinajstić information content (AvgIpc) is 3.11. The van der Waals surface area contributed by atoms with Crippen LogP contribution >= 0.6 is 0 Å². The van der Waals surface area contributed by atoms with E-state index in [-0.39, 0.29) is 0 Å². The summed E-state index contributed by atoms with van der Waals surface area (Å²) in [7, 11) is 1.90. The molecule has 1 atom stereocenters. The lowest BCUT2D eigenvalue weighted by Gasteiger charge is -2.26. The normalized spacial score (nSPS) is 16.4. The minimum Gasteiger partial charge on any atom is -0.465 e. The fourth-order valence-corrected chi connectivity index (χ4v) is 4.08. The van der Waals surface area contributed by atoms with Gasteiger partial charge in [-0.15, -0.1) is 0 Å². The summed E-state index contributed by atoms with van der Waals surface area (Å²) in [5.74, 6) is 0. The lowest BCUT2D eigenvalue weighted by Crippen LogP contribution is -2.31. The number of rotatable bonds is 7. The number of hydrogen-bond acceptors (Lipinski definition) is 4. The number of nitrogens with zero attached hydrogens (tertiary/aromatic N) is 3. The first-order chi connectivity index (χ1) is 13.7. The van der Waals surface area contributed by atoms with Crippen LogP contribution in [0.2, 0.25) is 0 Å². The van der Waals surface area contributed by atoms with Crippen LogP contribution in [0.3, 0.4) is 0 Å². The molecule has 1 saturated heterocycles. The summed E-state index contributed by atoms with van der Waals surface area (Å²) in [5, 5.41) is 13.2. The molecule has 4 rings (SSSR count). The van der Waals surface area contributed by atoms with Gasteiger partial charge in [0.15, 0.2) is 0 Å². The molecule has 3 aromatic rings. The molecule has 2 aromatic carbocycles. The summed E-state index contributed by atoms with van der Waals surface area (Å²) in [6.07, 6.45) is 5.96. The Bertz CT molecular complexity index is 910. The van der Waals surface area contributed by atoms with E-state index >= 15 is 0 Å². The predicted octanol–water partition coefficient (Wildman–Crippen LogP) is 3.91. The summed E-state index contributed by atoms with van der Waals surface area (Å²) in [6, 6.07) is 14.7. The van der Waals surface area contributed by atoms with Gasteiger partial charge in [-0.3, -0.25) is 4.57 Å². The highest BCUT2D eigenvalue weighted by atomic mass is 16.5. The van der Waals surface area contributed by atoms with Crippen molar-refractivity contribution in [3.05, 3.63) is 59.9 Å². The van der Waals surface area contributed by atoms with Crippen LogP contribution in [0.1, 0.15) is 43.0 Å². The van der Waals surface area contributed by atoms with Gasteiger partial charge < -0.3 is 14.7 Å². The minimum absolute atomic E-state index is 0.563. The van der Waals surface area contributed by atoms with Gasteiger partial charge in [0.25, 0.3) is 6.01 Å². The third kappa shape index (κ3) is 4.05. The molecule has 0 spiro atoms. The van der Waals surface area contributed by atoms with E-state index in [9.17, 15) is 5.11 Å². The Morgan fingerprint density at radius 2 is 1.86 bits per heavy atom. The topological polar surface area (TPSA) is 50.5 Å². The largest absolute Gasteiger partial charge is 0.465 e. The molecule has 28 heavy (non-hydrogen) atoms. The van der Waals surface area contributed by atoms with Gasteiger partial charge >= 0.3 is 0 Å². The number of ether oxygens (including phenoxy) is 1. The van der Waals surface area contributed by atoms with Crippen molar-refractivity contribution in [2.45, 2.75) is 31.8 Å². The van der Waals surface area contributed by atoms with Crippen LogP contribution < -0.4 is 4.74 Å². The lowest BCUT2D eigenvalue weighted by atomic mass is 9.99. The first-order valence-corrected chi connectivity index (χ1v) is 10.3. The van der Waals surface area contributed by atoms with Crippen LogP contribution in [0, 0.1) is 0 Å². The molecule has 1 aliphatic rings. The highest BCUT2D eigenvalue weighted by molar-refractivity contribution is 5.86. The summed E-state index contributed by atoms with van der Waals surface area (Å²) >= 11 is 0. The van der Waals surface area contributed by atoms with E-state index in [2.05, 4.69) is 22.0 Å². The Morgan fingerprint density at radius 3 is 2.71 bits per heavy atom. The number of aliphatic hydroxyl groups is 1. The number of benzene rings is 2. The molecule has 0 amide bonds. The Balaban J connectivity index is 1.41. The Kier molecular flexibility index (Phi) is 5.93. The van der Waals surface area contributed by atoms with Crippen molar-refractivity contribution in [3.8, 4) is 6.01 Å². The SMILES string of the molecule is Cn1c(C(O)c2cccc3ccccc23)cnc1OCCCN1CCCCC1. The molecular weight excluding hydrogens is 350 g/mol. The number of imidazole rings is 1. The van der Waals surface area contributed by atoms with Crippen LogP contribution in [0.25, 0.3) is 10.8 Å². The molecule has 1 aromatic heterocycles. The van der Waals surface area contributed by atoms with Crippen molar-refractivity contribution in [1.82, 2.24) is 14.5 Å². The van der Waals surface area contributed by atoms with Crippen molar-refractivity contribution in [1.29, 1.82) is 0 Å². The zero-order valence-electron chi connectivity index (χ0n) is 16.6. The molecule has 148 valence electrons. The Morgan fingerprint density at radius 1 is 1.07 bits per heavy atom. The van der Waals surface area contributed by atoms with Crippen LogP contribution in [-0.4, -0.2) is 45.8 Å². The van der Waals surface area contributed by atoms with Crippen molar-refractivity contribution >= 4 is 10.8 Å². The summed E-state index contributed by atoms with van der Waals surface area (Å²) in [4.78, 5) is 6.91. The van der Waals surface area contributed by atoms with Crippen LogP contribution in [0.5, 0.6) is 6.01 Å². The third-order valence-corrected chi connectivity index (χ3v) is 5.68. The molecule has 5 nitrogen and oxygen atoms in total. The van der Waals surface area contributed by atoms with Crippen molar-refractivity contribution in [3.63, 3.8) is 0 Å². The molecule has 5 heteroatoms. The molecule has 0 bridgehead atoms. The van der Waals surface area contributed by atoms with E-state index in [4.69, 9.17) is 4.74 Å². The number of piperidine rings is 1. The van der Waals surface area contributed by atoms with Gasteiger partial charge in [-0.2, -0.15) is 0 Å². The number of aromatic nitrogens is 2. The van der Waals surface area contributed by atoms with E-state index in [0.29, 0.717) is 12.6 Å². The minimum atomic E-state index is -0.741. The maximum atomic E-state index is 11.0. The van der Waals surface area contributed by atoms with Gasteiger partial charge in [0.1, 0.15) is 6.10 Å². The maximum absolute atomic E-state index is 11.0. The van der Waals surface area contributed by atoms with Gasteiger partial charge in [0.05, 0.1) is 18.5 Å². The van der Waals surface area contributed by atoms with Gasteiger partial charge in [-0.1, -0.05) is 48.9 Å². The molecule has 2 heterocycles. The monoisotopic (exact) mass is 379 g/mol. The Labute approximate surface area is 166 Å². The number of aliphatic hydroxyl groups excluding tert-OH is 1. The number of hydrogen-bond donors (Lipinski definition) is 1. The van der Waals surface area contributed by atoms with Gasteiger partial charge in [-0.05, 0) is 48.7 Å². The first-order valence-electron chi connectivity index (χ1n) is 10.3. The first kappa shape index (κ1) is 19.0. The van der Waals surface area contributed by atoms with Crippen LogP contribution in [-0.2, 0) is 7.05 Å². The van der Waals surface area contributed by atoms with Crippen molar-refractivity contribution in [2.75, 3.05) is 26.2 Å². The zero-order chi connectivity index (χ0) is 19.3. The molecule has 0 radical (unpaired) electrons. The highest BCUT2D eigenvalue weighted by Crippen LogP contribution is 2.30. The van der Waals surface area contributed by atoms with Gasteiger partial charge in [-0.25, -0.2) is 4.98 Å². The van der Waals surface area contributed by atoms with E-state index in [0.717, 1.165) is 35.0 Å². The zero-order valence-corrected chi connectivity index (χ0v) is 16.6. The quantitative estimate of drug-likeness (QED) is 0.633. The van der Waals surface area contributed by atoms with Gasteiger partial charge in [0.2, 0.25) is 0 Å². The third-order valence-electron chi connectivity index (χ3n) is 5.68. The maximum Gasteiger partial charge on any atom is 0.296 e. The second-order valence-electron chi connectivity index (χ2n) is 7.60. The lowest BCUT2D eigenvalue weighted by molar-refractivity contribution is 0.194. The molecule has 0 aliphatic carbocycles. The molecule has 1 N–H and O–H groups in total. The Hall–Kier alpha value is -2.37. The number of likely N-dealkylation sites (tertiary alicyclic amines) is 1. The molecule has 0 saturated carbocycles. The van der Waals surface area contributed by atoms with E-state index in [1.807, 2.05) is 41.9 Å². The summed E-state index contributed by atoms with van der Waals surface area (Å²) in [6.45, 7) is 4.15. The fraction of sp³-hybridized carbons (Fsp3) is 0.435.